The van der Waals surface area contributed by atoms with Crippen molar-refractivity contribution in [2.45, 2.75) is 19.8 Å². The largest absolute Gasteiger partial charge is 0.481 e. The van der Waals surface area contributed by atoms with Crippen molar-refractivity contribution in [3.63, 3.8) is 0 Å². The number of carboxylic acid groups (broad SMARTS) is 1. The van der Waals surface area contributed by atoms with Gasteiger partial charge in [-0.05, 0) is 30.2 Å². The molecule has 1 aliphatic heterocycles. The van der Waals surface area contributed by atoms with Crippen molar-refractivity contribution < 1.29 is 19.5 Å². The quantitative estimate of drug-likeness (QED) is 0.648. The summed E-state index contributed by atoms with van der Waals surface area (Å²) < 4.78 is 1.04. The highest BCUT2D eigenvalue weighted by molar-refractivity contribution is 7.22. The zero-order chi connectivity index (χ0) is 21.5. The van der Waals surface area contributed by atoms with Gasteiger partial charge in [0.25, 0.3) is 5.97 Å². The Morgan fingerprint density at radius 2 is 2.03 bits per heavy atom. The summed E-state index contributed by atoms with van der Waals surface area (Å²) in [6.45, 7) is 2.01. The van der Waals surface area contributed by atoms with E-state index in [0.717, 1.165) is 29.1 Å². The fourth-order valence-electron chi connectivity index (χ4n) is 3.06. The SMILES string of the molecule is CC(=O)O.O=C(NCCc1cccnc1)C1CC(=O)N(c2nc3ccccc3s2)C1. The van der Waals surface area contributed by atoms with Gasteiger partial charge in [-0.15, -0.1) is 0 Å². The van der Waals surface area contributed by atoms with Crippen LogP contribution in [0.3, 0.4) is 0 Å². The molecule has 0 spiro atoms. The molecule has 30 heavy (non-hydrogen) atoms. The van der Waals surface area contributed by atoms with E-state index in [0.29, 0.717) is 18.2 Å². The zero-order valence-electron chi connectivity index (χ0n) is 16.4. The second kappa shape index (κ2) is 9.93. The molecule has 9 heteroatoms. The minimum Gasteiger partial charge on any atom is -0.481 e. The van der Waals surface area contributed by atoms with Gasteiger partial charge in [0, 0.05) is 38.8 Å². The molecule has 2 N–H and O–H groups in total. The fourth-order valence-corrected chi connectivity index (χ4v) is 4.06. The first kappa shape index (κ1) is 21.4. The molecular formula is C21H22N4O4S. The highest BCUT2D eigenvalue weighted by atomic mass is 32.1. The van der Waals surface area contributed by atoms with Gasteiger partial charge in [0.1, 0.15) is 0 Å². The van der Waals surface area contributed by atoms with E-state index in [2.05, 4.69) is 15.3 Å². The molecule has 1 aliphatic rings. The van der Waals surface area contributed by atoms with Gasteiger partial charge in [-0.25, -0.2) is 4.98 Å². The molecule has 3 aromatic rings. The van der Waals surface area contributed by atoms with E-state index in [1.165, 1.54) is 11.3 Å². The van der Waals surface area contributed by atoms with Crippen LogP contribution in [0, 0.1) is 5.92 Å². The van der Waals surface area contributed by atoms with Crippen molar-refractivity contribution in [3.8, 4) is 0 Å². The summed E-state index contributed by atoms with van der Waals surface area (Å²) in [6.07, 6.45) is 4.47. The lowest BCUT2D eigenvalue weighted by atomic mass is 10.1. The third-order valence-electron chi connectivity index (χ3n) is 4.45. The van der Waals surface area contributed by atoms with Crippen LogP contribution in [0.5, 0.6) is 0 Å². The van der Waals surface area contributed by atoms with Gasteiger partial charge in [0.15, 0.2) is 5.13 Å². The second-order valence-corrected chi connectivity index (χ2v) is 7.80. The monoisotopic (exact) mass is 426 g/mol. The Hall–Kier alpha value is -3.33. The average molecular weight is 426 g/mol. The van der Waals surface area contributed by atoms with Crippen molar-refractivity contribution in [2.75, 3.05) is 18.0 Å². The number of nitrogens with zero attached hydrogens (tertiary/aromatic N) is 3. The molecule has 0 bridgehead atoms. The number of fused-ring (bicyclic) bond motifs is 1. The number of aromatic nitrogens is 2. The van der Waals surface area contributed by atoms with E-state index in [4.69, 9.17) is 9.90 Å². The lowest BCUT2D eigenvalue weighted by Crippen LogP contribution is -2.34. The van der Waals surface area contributed by atoms with E-state index in [1.807, 2.05) is 36.4 Å². The molecule has 1 unspecified atom stereocenters. The van der Waals surface area contributed by atoms with Gasteiger partial charge >= 0.3 is 0 Å². The standard InChI is InChI=1S/C19H18N4O2S.C2H4O2/c24-17-10-14(18(25)21-9-7-13-4-3-8-20-11-13)12-23(17)19-22-15-5-1-2-6-16(15)26-19;1-2(3)4/h1-6,8,11,14H,7,9-10,12H2,(H,21,25);1H3,(H,3,4). The number of hydrogen-bond acceptors (Lipinski definition) is 6. The number of carboxylic acids is 1. The number of benzene rings is 1. The maximum atomic E-state index is 12.4. The minimum absolute atomic E-state index is 0.0449. The Balaban J connectivity index is 0.000000589. The van der Waals surface area contributed by atoms with E-state index in [1.54, 1.807) is 17.3 Å². The molecule has 8 nitrogen and oxygen atoms in total. The number of amides is 2. The first-order valence-corrected chi connectivity index (χ1v) is 10.3. The van der Waals surface area contributed by atoms with Crippen LogP contribution >= 0.6 is 11.3 Å². The molecule has 1 atom stereocenters. The number of rotatable bonds is 5. The van der Waals surface area contributed by atoms with Crippen LogP contribution in [-0.2, 0) is 20.8 Å². The summed E-state index contributed by atoms with van der Waals surface area (Å²) in [6, 6.07) is 11.7. The van der Waals surface area contributed by atoms with E-state index < -0.39 is 5.97 Å². The van der Waals surface area contributed by atoms with Gasteiger partial charge in [-0.3, -0.25) is 24.3 Å². The molecule has 2 amide bonds. The Bertz CT molecular complexity index is 1000. The lowest BCUT2D eigenvalue weighted by molar-refractivity contribution is -0.134. The van der Waals surface area contributed by atoms with Crippen molar-refractivity contribution >= 4 is 44.5 Å². The topological polar surface area (TPSA) is 112 Å². The molecule has 0 aliphatic carbocycles. The third kappa shape index (κ3) is 5.60. The zero-order valence-corrected chi connectivity index (χ0v) is 17.3. The van der Waals surface area contributed by atoms with Crippen LogP contribution in [0.2, 0.25) is 0 Å². The van der Waals surface area contributed by atoms with Crippen molar-refractivity contribution in [1.82, 2.24) is 15.3 Å². The summed E-state index contributed by atoms with van der Waals surface area (Å²) in [5.41, 5.74) is 1.95. The van der Waals surface area contributed by atoms with Crippen molar-refractivity contribution in [2.24, 2.45) is 5.92 Å². The second-order valence-electron chi connectivity index (χ2n) is 6.79. The maximum absolute atomic E-state index is 12.4. The first-order valence-electron chi connectivity index (χ1n) is 9.46. The average Bonchev–Trinajstić information content (AvgIpc) is 3.31. The van der Waals surface area contributed by atoms with Crippen LogP contribution in [0.4, 0.5) is 5.13 Å². The third-order valence-corrected chi connectivity index (χ3v) is 5.50. The number of aliphatic carboxylic acids is 1. The molecule has 156 valence electrons. The van der Waals surface area contributed by atoms with Crippen LogP contribution in [0.15, 0.2) is 48.8 Å². The summed E-state index contributed by atoms with van der Waals surface area (Å²) in [5.74, 6) is -1.29. The molecule has 1 saturated heterocycles. The number of anilines is 1. The summed E-state index contributed by atoms with van der Waals surface area (Å²) >= 11 is 1.48. The summed E-state index contributed by atoms with van der Waals surface area (Å²) in [7, 11) is 0. The van der Waals surface area contributed by atoms with E-state index >= 15 is 0 Å². The first-order chi connectivity index (χ1) is 14.4. The van der Waals surface area contributed by atoms with E-state index in [-0.39, 0.29) is 24.2 Å². The summed E-state index contributed by atoms with van der Waals surface area (Å²) in [4.78, 5) is 44.0. The molecule has 0 saturated carbocycles. The number of carbonyl (C=O) groups excluding carboxylic acids is 2. The Morgan fingerprint density at radius 1 is 1.27 bits per heavy atom. The van der Waals surface area contributed by atoms with Crippen LogP contribution < -0.4 is 10.2 Å². The number of pyridine rings is 1. The van der Waals surface area contributed by atoms with Crippen molar-refractivity contribution in [3.05, 3.63) is 54.4 Å². The number of thiazole rings is 1. The molecular weight excluding hydrogens is 404 g/mol. The lowest BCUT2D eigenvalue weighted by Gasteiger charge is -2.13. The van der Waals surface area contributed by atoms with Crippen LogP contribution in [0.1, 0.15) is 18.9 Å². The molecule has 4 rings (SSSR count). The highest BCUT2D eigenvalue weighted by Crippen LogP contribution is 2.32. The molecule has 1 aromatic carbocycles. The molecule has 1 fully saturated rings. The summed E-state index contributed by atoms with van der Waals surface area (Å²) in [5, 5.41) is 11.0. The number of para-hydroxylation sites is 1. The Morgan fingerprint density at radius 3 is 2.73 bits per heavy atom. The normalized spacial score (nSPS) is 15.6. The number of hydrogen-bond donors (Lipinski definition) is 2. The van der Waals surface area contributed by atoms with Crippen LogP contribution in [-0.4, -0.2) is 45.9 Å². The van der Waals surface area contributed by atoms with Gasteiger partial charge in [0.2, 0.25) is 11.8 Å². The molecule has 3 heterocycles. The molecule has 0 radical (unpaired) electrons. The Labute approximate surface area is 177 Å². The molecule has 2 aromatic heterocycles. The predicted molar refractivity (Wildman–Crippen MR) is 114 cm³/mol. The van der Waals surface area contributed by atoms with Gasteiger partial charge in [0.05, 0.1) is 16.1 Å². The number of nitrogens with one attached hydrogen (secondary N) is 1. The van der Waals surface area contributed by atoms with Crippen LogP contribution in [0.25, 0.3) is 10.2 Å². The highest BCUT2D eigenvalue weighted by Gasteiger charge is 2.36. The fraction of sp³-hybridized carbons (Fsp3) is 0.286. The minimum atomic E-state index is -0.833. The Kier molecular flexibility index (Phi) is 7.08. The van der Waals surface area contributed by atoms with Gasteiger partial charge < -0.3 is 10.4 Å². The maximum Gasteiger partial charge on any atom is 0.300 e. The predicted octanol–water partition coefficient (Wildman–Crippen LogP) is 2.49. The van der Waals surface area contributed by atoms with E-state index in [9.17, 15) is 9.59 Å². The smallest absolute Gasteiger partial charge is 0.300 e. The van der Waals surface area contributed by atoms with Crippen molar-refractivity contribution in [1.29, 1.82) is 0 Å². The van der Waals surface area contributed by atoms with Gasteiger partial charge in [-0.1, -0.05) is 29.5 Å². The van der Waals surface area contributed by atoms with Gasteiger partial charge in [-0.2, -0.15) is 0 Å². The number of carbonyl (C=O) groups is 3.